The van der Waals surface area contributed by atoms with Crippen LogP contribution >= 0.6 is 22.7 Å². The molecule has 0 spiro atoms. The molecule has 64 valence electrons. The molecule has 0 aliphatic heterocycles. The van der Waals surface area contributed by atoms with Gasteiger partial charge in [0.1, 0.15) is 0 Å². The standard InChI is InChI=1S/C8H4N2OS2/c11-10-8-4-13-2-6(8)5-1-12-3-7(5)9-10/h1-4H. The summed E-state index contributed by atoms with van der Waals surface area (Å²) in [5.41, 5.74) is 1.45. The van der Waals surface area contributed by atoms with Crippen molar-refractivity contribution < 1.29 is 4.85 Å². The molecule has 3 heterocycles. The van der Waals surface area contributed by atoms with Crippen molar-refractivity contribution in [2.75, 3.05) is 0 Å². The smallest absolute Gasteiger partial charge is 0.263 e. The fraction of sp³-hybridized carbons (Fsp3) is 0. The van der Waals surface area contributed by atoms with Crippen LogP contribution in [0.4, 0.5) is 0 Å². The van der Waals surface area contributed by atoms with Crippen LogP contribution in [-0.2, 0) is 0 Å². The quantitative estimate of drug-likeness (QED) is 0.419. The minimum atomic E-state index is 0.663. The zero-order valence-electron chi connectivity index (χ0n) is 6.43. The average molecular weight is 208 g/mol. The van der Waals surface area contributed by atoms with Crippen LogP contribution in [0.15, 0.2) is 21.5 Å². The Morgan fingerprint density at radius 2 is 1.85 bits per heavy atom. The molecule has 3 rings (SSSR count). The Bertz CT molecular complexity index is 584. The number of hydrogen-bond acceptors (Lipinski definition) is 4. The van der Waals surface area contributed by atoms with Gasteiger partial charge in [-0.2, -0.15) is 0 Å². The highest BCUT2D eigenvalue weighted by atomic mass is 32.1. The van der Waals surface area contributed by atoms with Gasteiger partial charge in [-0.3, -0.25) is 0 Å². The Morgan fingerprint density at radius 1 is 1.08 bits per heavy atom. The summed E-state index contributed by atoms with van der Waals surface area (Å²) in [7, 11) is 0. The van der Waals surface area contributed by atoms with Gasteiger partial charge in [0.2, 0.25) is 0 Å². The summed E-state index contributed by atoms with van der Waals surface area (Å²) in [5.74, 6) is 0. The summed E-state index contributed by atoms with van der Waals surface area (Å²) in [6.45, 7) is 0. The van der Waals surface area contributed by atoms with E-state index < -0.39 is 0 Å². The van der Waals surface area contributed by atoms with Gasteiger partial charge in [-0.15, -0.1) is 22.7 Å². The molecule has 0 bridgehead atoms. The molecular weight excluding hydrogens is 204 g/mol. The van der Waals surface area contributed by atoms with Crippen LogP contribution in [-0.4, -0.2) is 5.10 Å². The molecule has 0 amide bonds. The van der Waals surface area contributed by atoms with Crippen molar-refractivity contribution in [3.8, 4) is 0 Å². The molecule has 13 heavy (non-hydrogen) atoms. The monoisotopic (exact) mass is 208 g/mol. The SMILES string of the molecule is [O-][n+]1nc2cscc2c2cscc21. The molecule has 0 N–H and O–H groups in total. The molecule has 3 aromatic heterocycles. The van der Waals surface area contributed by atoms with Crippen molar-refractivity contribution in [1.29, 1.82) is 0 Å². The van der Waals surface area contributed by atoms with E-state index in [1.165, 1.54) is 11.3 Å². The number of fused-ring (bicyclic) bond motifs is 3. The Hall–Kier alpha value is -1.20. The van der Waals surface area contributed by atoms with Gasteiger partial charge < -0.3 is 5.21 Å². The van der Waals surface area contributed by atoms with E-state index in [4.69, 9.17) is 0 Å². The van der Waals surface area contributed by atoms with Gasteiger partial charge in [0.25, 0.3) is 5.52 Å². The Labute approximate surface area is 81.4 Å². The van der Waals surface area contributed by atoms with Gasteiger partial charge in [-0.25, -0.2) is 0 Å². The lowest BCUT2D eigenvalue weighted by Crippen LogP contribution is -2.30. The normalized spacial score (nSPS) is 11.4. The number of thiophene rings is 2. The molecule has 0 saturated heterocycles. The lowest BCUT2D eigenvalue weighted by atomic mass is 10.2. The number of rotatable bonds is 0. The van der Waals surface area contributed by atoms with Crippen LogP contribution in [0.2, 0.25) is 0 Å². The van der Waals surface area contributed by atoms with Crippen LogP contribution in [0.1, 0.15) is 0 Å². The number of aromatic nitrogens is 2. The third kappa shape index (κ3) is 0.882. The van der Waals surface area contributed by atoms with Crippen molar-refractivity contribution in [3.63, 3.8) is 0 Å². The highest BCUT2D eigenvalue weighted by Gasteiger charge is 2.11. The average Bonchev–Trinajstić information content (AvgIpc) is 2.66. The first-order valence-corrected chi connectivity index (χ1v) is 5.56. The molecule has 3 nitrogen and oxygen atoms in total. The zero-order chi connectivity index (χ0) is 8.84. The summed E-state index contributed by atoms with van der Waals surface area (Å²) in [5, 5.41) is 25.1. The summed E-state index contributed by atoms with van der Waals surface area (Å²) in [6, 6.07) is 0. The fourth-order valence-corrected chi connectivity index (χ4v) is 2.91. The summed E-state index contributed by atoms with van der Waals surface area (Å²) in [6.07, 6.45) is 0. The molecule has 0 aliphatic rings. The van der Waals surface area contributed by atoms with E-state index in [0.717, 1.165) is 16.3 Å². The van der Waals surface area contributed by atoms with Gasteiger partial charge in [0.05, 0.1) is 10.8 Å². The Morgan fingerprint density at radius 3 is 2.77 bits per heavy atom. The maximum atomic E-state index is 11.4. The molecular formula is C8H4N2OS2. The predicted octanol–water partition coefficient (Wildman–Crippen LogP) is 2.14. The minimum Gasteiger partial charge on any atom is -0.594 e. The van der Waals surface area contributed by atoms with E-state index in [1.54, 1.807) is 11.3 Å². The topological polar surface area (TPSA) is 39.8 Å². The molecule has 0 fully saturated rings. The van der Waals surface area contributed by atoms with Crippen molar-refractivity contribution in [2.24, 2.45) is 0 Å². The van der Waals surface area contributed by atoms with Crippen LogP contribution in [0.25, 0.3) is 21.8 Å². The second kappa shape index (κ2) is 2.40. The van der Waals surface area contributed by atoms with Crippen LogP contribution in [0.5, 0.6) is 0 Å². The second-order valence-corrected chi connectivity index (χ2v) is 4.20. The van der Waals surface area contributed by atoms with Crippen LogP contribution in [0.3, 0.4) is 0 Å². The maximum absolute atomic E-state index is 11.4. The molecule has 0 saturated carbocycles. The fourth-order valence-electron chi connectivity index (χ4n) is 1.36. The molecule has 0 aromatic carbocycles. The van der Waals surface area contributed by atoms with Gasteiger partial charge in [-0.05, 0) is 4.85 Å². The maximum Gasteiger partial charge on any atom is 0.263 e. The van der Waals surface area contributed by atoms with Crippen molar-refractivity contribution in [3.05, 3.63) is 26.7 Å². The van der Waals surface area contributed by atoms with Gasteiger partial charge in [-0.1, -0.05) is 0 Å². The van der Waals surface area contributed by atoms with E-state index in [1.807, 2.05) is 21.5 Å². The lowest BCUT2D eigenvalue weighted by Gasteiger charge is -1.94. The first kappa shape index (κ1) is 7.23. The number of hydrogen-bond donors (Lipinski definition) is 0. The lowest BCUT2D eigenvalue weighted by molar-refractivity contribution is -0.639. The van der Waals surface area contributed by atoms with Crippen molar-refractivity contribution in [2.45, 2.75) is 0 Å². The Balaban J connectivity index is 2.70. The Kier molecular flexibility index (Phi) is 1.33. The highest BCUT2D eigenvalue weighted by Crippen LogP contribution is 2.26. The van der Waals surface area contributed by atoms with Gasteiger partial charge in [0.15, 0.2) is 5.52 Å². The molecule has 0 atom stereocenters. The largest absolute Gasteiger partial charge is 0.594 e. The second-order valence-electron chi connectivity index (χ2n) is 2.71. The number of nitrogens with zero attached hydrogens (tertiary/aromatic N) is 2. The zero-order valence-corrected chi connectivity index (χ0v) is 8.06. The third-order valence-corrected chi connectivity index (χ3v) is 3.44. The van der Waals surface area contributed by atoms with E-state index in [-0.39, 0.29) is 0 Å². The van der Waals surface area contributed by atoms with Gasteiger partial charge >= 0.3 is 0 Å². The van der Waals surface area contributed by atoms with E-state index >= 15 is 0 Å². The van der Waals surface area contributed by atoms with Crippen molar-refractivity contribution >= 4 is 44.5 Å². The molecule has 0 unspecified atom stereocenters. The molecule has 5 heteroatoms. The summed E-state index contributed by atoms with van der Waals surface area (Å²) >= 11 is 3.10. The minimum absolute atomic E-state index is 0.663. The van der Waals surface area contributed by atoms with Gasteiger partial charge in [0, 0.05) is 26.6 Å². The van der Waals surface area contributed by atoms with E-state index in [9.17, 15) is 5.21 Å². The predicted molar refractivity (Wildman–Crippen MR) is 54.0 cm³/mol. The molecule has 0 aliphatic carbocycles. The molecule has 3 aromatic rings. The van der Waals surface area contributed by atoms with Crippen LogP contribution < -0.4 is 4.85 Å². The summed E-state index contributed by atoms with van der Waals surface area (Å²) in [4.78, 5) is 0.695. The van der Waals surface area contributed by atoms with Crippen LogP contribution in [0, 0.1) is 5.21 Å². The van der Waals surface area contributed by atoms with Crippen molar-refractivity contribution in [1.82, 2.24) is 5.10 Å². The van der Waals surface area contributed by atoms with E-state index in [2.05, 4.69) is 5.10 Å². The first-order valence-electron chi connectivity index (χ1n) is 3.68. The molecule has 0 radical (unpaired) electrons. The highest BCUT2D eigenvalue weighted by molar-refractivity contribution is 7.10. The first-order chi connectivity index (χ1) is 6.36. The van der Waals surface area contributed by atoms with E-state index in [0.29, 0.717) is 10.4 Å². The summed E-state index contributed by atoms with van der Waals surface area (Å²) < 4.78 is 0. The third-order valence-electron chi connectivity index (χ3n) is 1.98.